The summed E-state index contributed by atoms with van der Waals surface area (Å²) in [6.07, 6.45) is 3.85. The largest absolute Gasteiger partial charge is 0.354 e. The first kappa shape index (κ1) is 24.5. The molecule has 1 saturated heterocycles. The lowest BCUT2D eigenvalue weighted by atomic mass is 9.76. The summed E-state index contributed by atoms with van der Waals surface area (Å²) in [6.45, 7) is 2.82. The van der Waals surface area contributed by atoms with Crippen LogP contribution in [0.25, 0.3) is 0 Å². The van der Waals surface area contributed by atoms with Crippen LogP contribution >= 0.6 is 22.7 Å². The number of carbonyl (C=O) groups excluding carboxylic acids is 2. The molecule has 188 valence electrons. The Morgan fingerprint density at radius 1 is 1.36 bits per heavy atom. The summed E-state index contributed by atoms with van der Waals surface area (Å²) in [5, 5.41) is 33.0. The van der Waals surface area contributed by atoms with Crippen molar-refractivity contribution in [3.63, 3.8) is 0 Å². The Balaban J connectivity index is 1.50. The van der Waals surface area contributed by atoms with Crippen molar-refractivity contribution in [2.24, 2.45) is 0 Å². The maximum atomic E-state index is 12.9. The highest BCUT2D eigenvalue weighted by Crippen LogP contribution is 2.51. The lowest BCUT2D eigenvalue weighted by Crippen LogP contribution is -2.45. The van der Waals surface area contributed by atoms with Gasteiger partial charge in [-0.2, -0.15) is 10.5 Å². The number of aromatic nitrogens is 4. The Labute approximate surface area is 217 Å². The van der Waals surface area contributed by atoms with Crippen molar-refractivity contribution < 1.29 is 9.59 Å². The molecule has 2 amide bonds. The molecule has 0 spiro atoms. The third-order valence-corrected chi connectivity index (χ3v) is 9.57. The number of rotatable bonds is 7. The van der Waals surface area contributed by atoms with Gasteiger partial charge < -0.3 is 15.5 Å². The minimum atomic E-state index is -0.711. The summed E-state index contributed by atoms with van der Waals surface area (Å²) in [5.74, 6) is 0.385. The van der Waals surface area contributed by atoms with E-state index in [1.165, 1.54) is 16.9 Å². The van der Waals surface area contributed by atoms with Gasteiger partial charge >= 0.3 is 0 Å². The van der Waals surface area contributed by atoms with E-state index in [0.29, 0.717) is 23.7 Å². The molecule has 4 heterocycles. The van der Waals surface area contributed by atoms with Gasteiger partial charge in [-0.3, -0.25) is 9.59 Å². The number of amides is 2. The van der Waals surface area contributed by atoms with Crippen LogP contribution < -0.4 is 10.6 Å². The minimum Gasteiger partial charge on any atom is -0.354 e. The van der Waals surface area contributed by atoms with Crippen molar-refractivity contribution in [1.82, 2.24) is 36.2 Å². The normalized spacial score (nSPS) is 21.8. The zero-order valence-electron chi connectivity index (χ0n) is 20.2. The van der Waals surface area contributed by atoms with Gasteiger partial charge in [0.2, 0.25) is 5.91 Å². The molecule has 1 fully saturated rings. The van der Waals surface area contributed by atoms with Gasteiger partial charge in [0, 0.05) is 29.4 Å². The standard InChI is InChI=1S/C24H28N8O2S2/c1-14(27-13-19(33)32-8-3-4-17(32)12-25)11-24(23-28-30-31-29-23)20-15(7-9-35-20)5-6-16-10-18(22(34)26-2)36-21(16)24/h7,9-10,14,17,27H,3-6,8,11,13H2,1-2H3,(H,26,34)(H,28,29,30,31)/t14-,17?,24?/m1/s1. The first-order chi connectivity index (χ1) is 17.5. The number of carbonyl (C=O) groups is 2. The fourth-order valence-electron chi connectivity index (χ4n) is 5.41. The number of H-pyrrole nitrogens is 1. The molecule has 0 radical (unpaired) electrons. The second-order valence-corrected chi connectivity index (χ2v) is 11.3. The summed E-state index contributed by atoms with van der Waals surface area (Å²) in [5.41, 5.74) is 1.65. The second kappa shape index (κ2) is 10.1. The Kier molecular flexibility index (Phi) is 6.87. The molecule has 0 aromatic carbocycles. The molecule has 3 N–H and O–H groups in total. The van der Waals surface area contributed by atoms with Crippen LogP contribution in [-0.2, 0) is 23.1 Å². The van der Waals surface area contributed by atoms with Crippen LogP contribution in [0.5, 0.6) is 0 Å². The molecular weight excluding hydrogens is 496 g/mol. The van der Waals surface area contributed by atoms with E-state index in [-0.39, 0.29) is 30.4 Å². The van der Waals surface area contributed by atoms with Crippen molar-refractivity contribution in [2.45, 2.75) is 56.5 Å². The van der Waals surface area contributed by atoms with Crippen LogP contribution in [0.3, 0.4) is 0 Å². The number of tetrazole rings is 1. The molecule has 0 bridgehead atoms. The zero-order valence-corrected chi connectivity index (χ0v) is 21.8. The molecule has 10 nitrogen and oxygen atoms in total. The first-order valence-corrected chi connectivity index (χ1v) is 13.8. The quantitative estimate of drug-likeness (QED) is 0.429. The summed E-state index contributed by atoms with van der Waals surface area (Å²) < 4.78 is 0. The summed E-state index contributed by atoms with van der Waals surface area (Å²) in [7, 11) is 1.64. The highest BCUT2D eigenvalue weighted by Gasteiger charge is 2.48. The van der Waals surface area contributed by atoms with Crippen LogP contribution in [0, 0.1) is 11.3 Å². The van der Waals surface area contributed by atoms with E-state index in [1.807, 2.05) is 13.0 Å². The number of nitrogens with one attached hydrogen (secondary N) is 3. The number of nitrogens with zero attached hydrogens (tertiary/aromatic N) is 5. The number of thiophene rings is 2. The number of aromatic amines is 1. The van der Waals surface area contributed by atoms with E-state index in [0.717, 1.165) is 41.0 Å². The highest BCUT2D eigenvalue weighted by atomic mass is 32.1. The minimum absolute atomic E-state index is 0.0593. The topological polar surface area (TPSA) is 140 Å². The van der Waals surface area contributed by atoms with Crippen LogP contribution in [-0.4, -0.2) is 69.6 Å². The predicted molar refractivity (Wildman–Crippen MR) is 136 cm³/mol. The molecule has 12 heteroatoms. The van der Waals surface area contributed by atoms with Gasteiger partial charge in [0.15, 0.2) is 5.82 Å². The Bertz CT molecular complexity index is 1290. The van der Waals surface area contributed by atoms with Gasteiger partial charge in [-0.15, -0.1) is 32.9 Å². The first-order valence-electron chi connectivity index (χ1n) is 12.1. The van der Waals surface area contributed by atoms with E-state index in [1.54, 1.807) is 23.3 Å². The fraction of sp³-hybridized carbons (Fsp3) is 0.500. The van der Waals surface area contributed by atoms with Crippen LogP contribution in [0.4, 0.5) is 0 Å². The van der Waals surface area contributed by atoms with Crippen LogP contribution in [0.2, 0.25) is 0 Å². The molecular formula is C24H28N8O2S2. The van der Waals surface area contributed by atoms with Crippen LogP contribution in [0.15, 0.2) is 17.5 Å². The maximum Gasteiger partial charge on any atom is 0.261 e. The Morgan fingerprint density at radius 2 is 2.19 bits per heavy atom. The molecule has 1 aliphatic carbocycles. The molecule has 0 saturated carbocycles. The van der Waals surface area contributed by atoms with Gasteiger partial charge in [0.25, 0.3) is 5.91 Å². The monoisotopic (exact) mass is 524 g/mol. The molecule has 2 unspecified atom stereocenters. The van der Waals surface area contributed by atoms with Gasteiger partial charge in [-0.1, -0.05) is 5.21 Å². The van der Waals surface area contributed by atoms with Gasteiger partial charge in [0.05, 0.1) is 17.5 Å². The second-order valence-electron chi connectivity index (χ2n) is 9.32. The molecule has 3 aromatic rings. The average Bonchev–Trinajstić information content (AvgIpc) is 3.69. The molecule has 1 aliphatic heterocycles. The molecule has 3 aromatic heterocycles. The van der Waals surface area contributed by atoms with Crippen molar-refractivity contribution in [3.05, 3.63) is 49.1 Å². The maximum absolute atomic E-state index is 12.9. The van der Waals surface area contributed by atoms with Crippen molar-refractivity contribution in [3.8, 4) is 6.07 Å². The average molecular weight is 525 g/mol. The highest BCUT2D eigenvalue weighted by molar-refractivity contribution is 7.15. The molecule has 36 heavy (non-hydrogen) atoms. The van der Waals surface area contributed by atoms with E-state index in [4.69, 9.17) is 0 Å². The van der Waals surface area contributed by atoms with Crippen LogP contribution in [0.1, 0.15) is 62.6 Å². The predicted octanol–water partition coefficient (Wildman–Crippen LogP) is 2.00. The summed E-state index contributed by atoms with van der Waals surface area (Å²) >= 11 is 3.14. The summed E-state index contributed by atoms with van der Waals surface area (Å²) in [6, 6.07) is 5.94. The van der Waals surface area contributed by atoms with E-state index < -0.39 is 5.41 Å². The van der Waals surface area contributed by atoms with E-state index in [2.05, 4.69) is 48.8 Å². The molecule has 2 aliphatic rings. The van der Waals surface area contributed by atoms with Gasteiger partial charge in [-0.25, -0.2) is 0 Å². The lowest BCUT2D eigenvalue weighted by Gasteiger charge is -2.33. The number of nitriles is 1. The third-order valence-electron chi connectivity index (χ3n) is 7.11. The fourth-order valence-corrected chi connectivity index (χ4v) is 8.00. The van der Waals surface area contributed by atoms with Crippen molar-refractivity contribution in [1.29, 1.82) is 5.26 Å². The van der Waals surface area contributed by atoms with E-state index in [9.17, 15) is 14.9 Å². The van der Waals surface area contributed by atoms with Crippen molar-refractivity contribution >= 4 is 34.5 Å². The number of hydrogen-bond donors (Lipinski definition) is 3. The molecule has 5 rings (SSSR count). The number of aryl methyl sites for hydroxylation is 2. The number of fused-ring (bicyclic) bond motifs is 2. The Hall–Kier alpha value is -3.14. The SMILES string of the molecule is CNC(=O)c1cc2c(s1)C(C[C@@H](C)NCC(=O)N1CCCC1C#N)(c1nn[nH]n1)c1sccc1CC2. The zero-order chi connectivity index (χ0) is 25.3. The van der Waals surface area contributed by atoms with Crippen molar-refractivity contribution in [2.75, 3.05) is 20.1 Å². The van der Waals surface area contributed by atoms with E-state index >= 15 is 0 Å². The summed E-state index contributed by atoms with van der Waals surface area (Å²) in [4.78, 5) is 30.0. The number of likely N-dealkylation sites (tertiary alicyclic amines) is 1. The van der Waals surface area contributed by atoms with Gasteiger partial charge in [0.1, 0.15) is 11.5 Å². The Morgan fingerprint density at radius 3 is 2.94 bits per heavy atom. The lowest BCUT2D eigenvalue weighted by molar-refractivity contribution is -0.130. The van der Waals surface area contributed by atoms with Gasteiger partial charge in [-0.05, 0) is 67.7 Å². The third kappa shape index (κ3) is 4.21. The molecule has 3 atom stereocenters. The number of hydrogen-bond acceptors (Lipinski definition) is 9. The smallest absolute Gasteiger partial charge is 0.261 e.